The Balaban J connectivity index is 2.36. The second kappa shape index (κ2) is 6.39. The Morgan fingerprint density at radius 2 is 1.36 bits per heavy atom. The molecule has 2 aromatic carbocycles. The van der Waals surface area contributed by atoms with Crippen LogP contribution in [0.1, 0.15) is 33.7 Å². The summed E-state index contributed by atoms with van der Waals surface area (Å²) in [6.07, 6.45) is -1.53. The van der Waals surface area contributed by atoms with E-state index in [2.05, 4.69) is 0 Å². The van der Waals surface area contributed by atoms with Crippen LogP contribution in [-0.4, -0.2) is 6.18 Å². The van der Waals surface area contributed by atoms with Gasteiger partial charge in [0.1, 0.15) is 0 Å². The van der Waals surface area contributed by atoms with E-state index in [1.54, 1.807) is 12.1 Å². The third-order valence-corrected chi connectivity index (χ3v) is 3.51. The summed E-state index contributed by atoms with van der Waals surface area (Å²) in [7, 11) is 0. The molecule has 0 N–H and O–H groups in total. The summed E-state index contributed by atoms with van der Waals surface area (Å²) in [5.41, 5.74) is 3.82. The fourth-order valence-electron chi connectivity index (χ4n) is 2.48. The topological polar surface area (TPSA) is 0 Å². The third kappa shape index (κ3) is 4.23. The number of allylic oxidation sites excluding steroid dienone is 1. The average molecular weight is 304 g/mol. The van der Waals surface area contributed by atoms with E-state index in [4.69, 9.17) is 0 Å². The van der Waals surface area contributed by atoms with Crippen LogP contribution in [0.5, 0.6) is 0 Å². The summed E-state index contributed by atoms with van der Waals surface area (Å²) in [4.78, 5) is 0. The van der Waals surface area contributed by atoms with Gasteiger partial charge in [-0.25, -0.2) is 0 Å². The number of hydrogen-bond acceptors (Lipinski definition) is 0. The van der Waals surface area contributed by atoms with Crippen LogP contribution >= 0.6 is 0 Å². The molecule has 116 valence electrons. The first-order valence-electron chi connectivity index (χ1n) is 7.15. The maximum absolute atomic E-state index is 13.4. The second-order valence-electron chi connectivity index (χ2n) is 5.71. The summed E-state index contributed by atoms with van der Waals surface area (Å²) in [6, 6.07) is 12.5. The van der Waals surface area contributed by atoms with Crippen molar-refractivity contribution in [3.8, 4) is 0 Å². The molecule has 0 fully saturated rings. The van der Waals surface area contributed by atoms with E-state index >= 15 is 0 Å². The van der Waals surface area contributed by atoms with Crippen molar-refractivity contribution in [2.24, 2.45) is 0 Å². The van der Waals surface area contributed by atoms with Crippen LogP contribution in [0.15, 0.2) is 48.5 Å². The Labute approximate surface area is 129 Å². The minimum absolute atomic E-state index is 0.286. The van der Waals surface area contributed by atoms with Crippen molar-refractivity contribution in [1.82, 2.24) is 0 Å². The largest absolute Gasteiger partial charge is 0.399 e. The lowest BCUT2D eigenvalue weighted by Crippen LogP contribution is -2.19. The van der Waals surface area contributed by atoms with Gasteiger partial charge in [0.05, 0.1) is 5.92 Å². The molecule has 0 saturated heterocycles. The van der Waals surface area contributed by atoms with Crippen LogP contribution in [0, 0.1) is 20.8 Å². The molecule has 22 heavy (non-hydrogen) atoms. The highest BCUT2D eigenvalue weighted by Gasteiger charge is 2.38. The van der Waals surface area contributed by atoms with E-state index in [0.717, 1.165) is 22.3 Å². The quantitative estimate of drug-likeness (QED) is 0.655. The number of hydrogen-bond donors (Lipinski definition) is 0. The molecule has 0 radical (unpaired) electrons. The van der Waals surface area contributed by atoms with Crippen molar-refractivity contribution >= 4 is 6.08 Å². The Bertz CT molecular complexity index is 644. The zero-order valence-electron chi connectivity index (χ0n) is 12.9. The molecule has 0 saturated carbocycles. The SMILES string of the molecule is Cc1ccc(/C=C/C(c2cc(C)cc(C)c2)C(F)(F)F)cc1. The van der Waals surface area contributed by atoms with E-state index in [1.165, 1.54) is 12.2 Å². The number of rotatable bonds is 3. The molecule has 2 rings (SSSR count). The Kier molecular flexibility index (Phi) is 4.74. The fourth-order valence-corrected chi connectivity index (χ4v) is 2.48. The first-order chi connectivity index (χ1) is 10.3. The Morgan fingerprint density at radius 3 is 1.86 bits per heavy atom. The zero-order valence-corrected chi connectivity index (χ0v) is 12.9. The van der Waals surface area contributed by atoms with Crippen molar-refractivity contribution in [2.75, 3.05) is 0 Å². The molecule has 0 amide bonds. The van der Waals surface area contributed by atoms with Crippen molar-refractivity contribution in [2.45, 2.75) is 32.9 Å². The zero-order chi connectivity index (χ0) is 16.3. The molecule has 0 bridgehead atoms. The standard InChI is InChI=1S/C19H19F3/c1-13-4-6-16(7-5-13)8-9-18(19(20,21)22)17-11-14(2)10-15(3)12-17/h4-12,18H,1-3H3/b9-8+. The van der Waals surface area contributed by atoms with E-state index in [1.807, 2.05) is 51.1 Å². The summed E-state index contributed by atoms with van der Waals surface area (Å²) in [5, 5.41) is 0. The van der Waals surface area contributed by atoms with E-state index in [-0.39, 0.29) is 5.56 Å². The van der Waals surface area contributed by atoms with Crippen molar-refractivity contribution in [3.63, 3.8) is 0 Å². The number of alkyl halides is 3. The number of benzene rings is 2. The monoisotopic (exact) mass is 304 g/mol. The van der Waals surface area contributed by atoms with Crippen molar-refractivity contribution < 1.29 is 13.2 Å². The van der Waals surface area contributed by atoms with E-state index in [0.29, 0.717) is 0 Å². The minimum atomic E-state index is -4.30. The molecule has 0 aliphatic carbocycles. The Hall–Kier alpha value is -2.03. The van der Waals surface area contributed by atoms with Crippen LogP contribution < -0.4 is 0 Å². The summed E-state index contributed by atoms with van der Waals surface area (Å²) in [6.45, 7) is 5.57. The number of halogens is 3. The molecule has 0 aliphatic rings. The summed E-state index contributed by atoms with van der Waals surface area (Å²) in [5.74, 6) is -1.59. The highest BCUT2D eigenvalue weighted by Crippen LogP contribution is 2.37. The lowest BCUT2D eigenvalue weighted by atomic mass is 9.94. The highest BCUT2D eigenvalue weighted by atomic mass is 19.4. The smallest absolute Gasteiger partial charge is 0.170 e. The molecule has 0 spiro atoms. The van der Waals surface area contributed by atoms with Gasteiger partial charge in [-0.2, -0.15) is 13.2 Å². The Morgan fingerprint density at radius 1 is 0.818 bits per heavy atom. The molecule has 1 unspecified atom stereocenters. The van der Waals surface area contributed by atoms with E-state index in [9.17, 15) is 13.2 Å². The molecule has 0 aliphatic heterocycles. The highest BCUT2D eigenvalue weighted by molar-refractivity contribution is 5.52. The summed E-state index contributed by atoms with van der Waals surface area (Å²) >= 11 is 0. The van der Waals surface area contributed by atoms with Crippen LogP contribution in [0.25, 0.3) is 6.08 Å². The van der Waals surface area contributed by atoms with Gasteiger partial charge in [0, 0.05) is 0 Å². The van der Waals surface area contributed by atoms with Crippen LogP contribution in [0.2, 0.25) is 0 Å². The lowest BCUT2D eigenvalue weighted by Gasteiger charge is -2.18. The van der Waals surface area contributed by atoms with Crippen molar-refractivity contribution in [3.05, 3.63) is 76.4 Å². The molecular weight excluding hydrogens is 285 g/mol. The fraction of sp³-hybridized carbons (Fsp3) is 0.263. The predicted molar refractivity (Wildman–Crippen MR) is 84.9 cm³/mol. The summed E-state index contributed by atoms with van der Waals surface area (Å²) < 4.78 is 40.2. The average Bonchev–Trinajstić information content (AvgIpc) is 2.38. The molecule has 0 nitrogen and oxygen atoms in total. The van der Waals surface area contributed by atoms with Crippen LogP contribution in [0.4, 0.5) is 13.2 Å². The molecule has 2 aromatic rings. The molecule has 0 heterocycles. The van der Waals surface area contributed by atoms with Gasteiger partial charge in [-0.3, -0.25) is 0 Å². The van der Waals surface area contributed by atoms with Gasteiger partial charge in [-0.1, -0.05) is 71.3 Å². The van der Waals surface area contributed by atoms with E-state index < -0.39 is 12.1 Å². The molecule has 1 atom stereocenters. The number of aryl methyl sites for hydroxylation is 3. The van der Waals surface area contributed by atoms with Crippen molar-refractivity contribution in [1.29, 1.82) is 0 Å². The predicted octanol–water partition coefficient (Wildman–Crippen LogP) is 5.97. The maximum atomic E-state index is 13.4. The van der Waals surface area contributed by atoms with Gasteiger partial charge >= 0.3 is 6.18 Å². The van der Waals surface area contributed by atoms with Gasteiger partial charge in [0.15, 0.2) is 0 Å². The maximum Gasteiger partial charge on any atom is 0.399 e. The normalized spacial score (nSPS) is 13.5. The lowest BCUT2D eigenvalue weighted by molar-refractivity contribution is -0.139. The van der Waals surface area contributed by atoms with Gasteiger partial charge < -0.3 is 0 Å². The van der Waals surface area contributed by atoms with Crippen LogP contribution in [-0.2, 0) is 0 Å². The van der Waals surface area contributed by atoms with Gasteiger partial charge in [-0.15, -0.1) is 0 Å². The second-order valence-corrected chi connectivity index (χ2v) is 5.71. The van der Waals surface area contributed by atoms with Gasteiger partial charge in [-0.05, 0) is 31.9 Å². The molecular formula is C19H19F3. The molecule has 3 heteroatoms. The van der Waals surface area contributed by atoms with Crippen LogP contribution in [0.3, 0.4) is 0 Å². The first-order valence-corrected chi connectivity index (χ1v) is 7.15. The first kappa shape index (κ1) is 16.3. The minimum Gasteiger partial charge on any atom is -0.170 e. The van der Waals surface area contributed by atoms with Gasteiger partial charge in [0.2, 0.25) is 0 Å². The molecule has 0 aromatic heterocycles. The third-order valence-electron chi connectivity index (χ3n) is 3.51. The van der Waals surface area contributed by atoms with Gasteiger partial charge in [0.25, 0.3) is 0 Å².